The first-order chi connectivity index (χ1) is 7.67. The second-order valence-electron chi connectivity index (χ2n) is 3.12. The Morgan fingerprint density at radius 2 is 2.19 bits per heavy atom. The van der Waals surface area contributed by atoms with Gasteiger partial charge in [0.05, 0.1) is 14.2 Å². The molecule has 0 N–H and O–H groups in total. The Balaban J connectivity index is 2.59. The molecule has 0 unspecified atom stereocenters. The molecule has 0 spiro atoms. The van der Waals surface area contributed by atoms with Gasteiger partial charge >= 0.3 is 5.97 Å². The summed E-state index contributed by atoms with van der Waals surface area (Å²) in [5, 5.41) is 3.94. The van der Waals surface area contributed by atoms with Crippen molar-refractivity contribution in [3.8, 4) is 5.88 Å². The average Bonchev–Trinajstić information content (AvgIpc) is 2.31. The number of rotatable bonds is 5. The maximum Gasteiger partial charge on any atom is 0.305 e. The number of esters is 1. The lowest BCUT2D eigenvalue weighted by Gasteiger charge is -2.05. The fourth-order valence-electron chi connectivity index (χ4n) is 1.17. The van der Waals surface area contributed by atoms with Crippen molar-refractivity contribution < 1.29 is 14.3 Å². The fourth-order valence-corrected chi connectivity index (χ4v) is 1.17. The molecule has 0 aliphatic carbocycles. The molecular formula is C10H14N2O4. The van der Waals surface area contributed by atoms with Crippen molar-refractivity contribution in [2.75, 3.05) is 14.2 Å². The smallest absolute Gasteiger partial charge is 0.305 e. The summed E-state index contributed by atoms with van der Waals surface area (Å²) in [5.41, 5.74) is -0.217. The number of ether oxygens (including phenoxy) is 2. The highest BCUT2D eigenvalue weighted by atomic mass is 16.5. The summed E-state index contributed by atoms with van der Waals surface area (Å²) in [6, 6.07) is 2.88. The zero-order chi connectivity index (χ0) is 12.0. The lowest BCUT2D eigenvalue weighted by Crippen LogP contribution is -2.22. The molecule has 0 aliphatic heterocycles. The topological polar surface area (TPSA) is 70.4 Å². The maximum atomic E-state index is 11.4. The number of methoxy groups -OCH3 is 2. The van der Waals surface area contributed by atoms with Gasteiger partial charge < -0.3 is 9.47 Å². The Morgan fingerprint density at radius 1 is 1.44 bits per heavy atom. The summed E-state index contributed by atoms with van der Waals surface area (Å²) in [7, 11) is 2.81. The molecule has 1 aromatic heterocycles. The minimum absolute atomic E-state index is 0.217. The highest BCUT2D eigenvalue weighted by molar-refractivity contribution is 5.68. The van der Waals surface area contributed by atoms with Crippen molar-refractivity contribution in [2.45, 2.75) is 19.4 Å². The normalized spacial score (nSPS) is 9.88. The Labute approximate surface area is 92.8 Å². The van der Waals surface area contributed by atoms with Crippen molar-refractivity contribution in [3.63, 3.8) is 0 Å². The minimum atomic E-state index is -0.295. The molecule has 16 heavy (non-hydrogen) atoms. The van der Waals surface area contributed by atoms with E-state index in [4.69, 9.17) is 4.74 Å². The summed E-state index contributed by atoms with van der Waals surface area (Å²) in [6.07, 6.45) is 0.772. The van der Waals surface area contributed by atoms with Gasteiger partial charge in [-0.3, -0.25) is 9.59 Å². The molecule has 0 aliphatic rings. The van der Waals surface area contributed by atoms with Gasteiger partial charge in [-0.25, -0.2) is 4.68 Å². The Bertz CT molecular complexity index is 414. The van der Waals surface area contributed by atoms with Gasteiger partial charge in [-0.15, -0.1) is 5.10 Å². The van der Waals surface area contributed by atoms with Crippen LogP contribution in [0.3, 0.4) is 0 Å². The Hall–Kier alpha value is -1.85. The van der Waals surface area contributed by atoms with E-state index in [1.165, 1.54) is 31.0 Å². The minimum Gasteiger partial charge on any atom is -0.480 e. The number of aromatic nitrogens is 2. The predicted octanol–water partition coefficient (Wildman–Crippen LogP) is 0.205. The van der Waals surface area contributed by atoms with Crippen LogP contribution in [0.25, 0.3) is 0 Å². The summed E-state index contributed by atoms with van der Waals surface area (Å²) >= 11 is 0. The molecule has 88 valence electrons. The van der Waals surface area contributed by atoms with Crippen LogP contribution in [0.5, 0.6) is 5.88 Å². The van der Waals surface area contributed by atoms with Crippen LogP contribution >= 0.6 is 0 Å². The van der Waals surface area contributed by atoms with E-state index in [-0.39, 0.29) is 17.9 Å². The van der Waals surface area contributed by atoms with Crippen molar-refractivity contribution in [1.29, 1.82) is 0 Å². The van der Waals surface area contributed by atoms with Gasteiger partial charge in [-0.1, -0.05) is 0 Å². The molecule has 0 fully saturated rings. The van der Waals surface area contributed by atoms with E-state index in [0.29, 0.717) is 18.8 Å². The second kappa shape index (κ2) is 5.89. The first-order valence-corrected chi connectivity index (χ1v) is 4.86. The summed E-state index contributed by atoms with van der Waals surface area (Å²) < 4.78 is 10.7. The van der Waals surface area contributed by atoms with Crippen molar-refractivity contribution >= 4 is 5.97 Å². The first kappa shape index (κ1) is 12.2. The molecule has 0 saturated carbocycles. The Morgan fingerprint density at radius 3 is 2.81 bits per heavy atom. The van der Waals surface area contributed by atoms with Crippen LogP contribution in [0.2, 0.25) is 0 Å². The number of carbonyl (C=O) groups is 1. The molecule has 0 radical (unpaired) electrons. The summed E-state index contributed by atoms with van der Waals surface area (Å²) in [5.74, 6) is 0.0774. The largest absolute Gasteiger partial charge is 0.480 e. The van der Waals surface area contributed by atoms with E-state index in [2.05, 4.69) is 9.84 Å². The third-order valence-corrected chi connectivity index (χ3v) is 2.03. The van der Waals surface area contributed by atoms with E-state index in [0.717, 1.165) is 0 Å². The van der Waals surface area contributed by atoms with Gasteiger partial charge in [0.25, 0.3) is 5.56 Å². The highest BCUT2D eigenvalue weighted by Crippen LogP contribution is 2.00. The molecule has 0 saturated heterocycles. The van der Waals surface area contributed by atoms with Crippen LogP contribution in [-0.4, -0.2) is 30.0 Å². The second-order valence-corrected chi connectivity index (χ2v) is 3.12. The Kier molecular flexibility index (Phi) is 4.50. The number of hydrogen-bond donors (Lipinski definition) is 0. The van der Waals surface area contributed by atoms with Crippen LogP contribution in [0.4, 0.5) is 0 Å². The number of nitrogens with zero attached hydrogens (tertiary/aromatic N) is 2. The van der Waals surface area contributed by atoms with E-state index in [1.54, 1.807) is 0 Å². The van der Waals surface area contributed by atoms with Crippen molar-refractivity contribution in [2.24, 2.45) is 0 Å². The third-order valence-electron chi connectivity index (χ3n) is 2.03. The predicted molar refractivity (Wildman–Crippen MR) is 56.3 cm³/mol. The lowest BCUT2D eigenvalue weighted by molar-refractivity contribution is -0.140. The van der Waals surface area contributed by atoms with Gasteiger partial charge in [0.1, 0.15) is 0 Å². The van der Waals surface area contributed by atoms with Gasteiger partial charge in [0.15, 0.2) is 0 Å². The molecule has 6 nitrogen and oxygen atoms in total. The van der Waals surface area contributed by atoms with E-state index in [9.17, 15) is 9.59 Å². The fraction of sp³-hybridized carbons (Fsp3) is 0.500. The zero-order valence-corrected chi connectivity index (χ0v) is 9.30. The SMILES string of the molecule is COC(=O)CCCn1nc(OC)ccc1=O. The monoisotopic (exact) mass is 226 g/mol. The molecular weight excluding hydrogens is 212 g/mol. The molecule has 0 bridgehead atoms. The van der Waals surface area contributed by atoms with Crippen molar-refractivity contribution in [3.05, 3.63) is 22.5 Å². The van der Waals surface area contributed by atoms with Crippen LogP contribution < -0.4 is 10.3 Å². The summed E-state index contributed by atoms with van der Waals surface area (Å²) in [4.78, 5) is 22.2. The molecule has 0 atom stereocenters. The highest BCUT2D eigenvalue weighted by Gasteiger charge is 2.03. The maximum absolute atomic E-state index is 11.4. The van der Waals surface area contributed by atoms with Crippen molar-refractivity contribution in [1.82, 2.24) is 9.78 Å². The van der Waals surface area contributed by atoms with E-state index in [1.807, 2.05) is 0 Å². The molecule has 6 heteroatoms. The van der Waals surface area contributed by atoms with Gasteiger partial charge in [-0.05, 0) is 6.42 Å². The van der Waals surface area contributed by atoms with Gasteiger partial charge in [0, 0.05) is 25.1 Å². The van der Waals surface area contributed by atoms with Crippen LogP contribution in [0.1, 0.15) is 12.8 Å². The molecule has 1 rings (SSSR count). The van der Waals surface area contributed by atoms with E-state index >= 15 is 0 Å². The lowest BCUT2D eigenvalue weighted by atomic mass is 10.3. The molecule has 0 aromatic carbocycles. The number of carbonyl (C=O) groups excluding carboxylic acids is 1. The van der Waals surface area contributed by atoms with Gasteiger partial charge in [0.2, 0.25) is 5.88 Å². The molecule has 1 aromatic rings. The average molecular weight is 226 g/mol. The number of aryl methyl sites for hydroxylation is 1. The standard InChI is InChI=1S/C10H14N2O4/c1-15-8-5-6-9(13)12(11-8)7-3-4-10(14)16-2/h5-6H,3-4,7H2,1-2H3. The van der Waals surface area contributed by atoms with Crippen LogP contribution in [0, 0.1) is 0 Å². The quantitative estimate of drug-likeness (QED) is 0.671. The van der Waals surface area contributed by atoms with Crippen LogP contribution in [-0.2, 0) is 16.1 Å². The van der Waals surface area contributed by atoms with Gasteiger partial charge in [-0.2, -0.15) is 0 Å². The third kappa shape index (κ3) is 3.38. The number of hydrogen-bond acceptors (Lipinski definition) is 5. The van der Waals surface area contributed by atoms with E-state index < -0.39 is 0 Å². The zero-order valence-electron chi connectivity index (χ0n) is 9.30. The van der Waals surface area contributed by atoms with Crippen LogP contribution in [0.15, 0.2) is 16.9 Å². The molecule has 1 heterocycles. The molecule has 0 amide bonds. The summed E-state index contributed by atoms with van der Waals surface area (Å²) in [6.45, 7) is 0.366. The first-order valence-electron chi connectivity index (χ1n) is 4.86.